The van der Waals surface area contributed by atoms with Crippen molar-refractivity contribution in [1.29, 1.82) is 0 Å². The number of nitrogens with one attached hydrogen (secondary N) is 2. The first-order valence-electron chi connectivity index (χ1n) is 7.29. The number of nitrogens with zero attached hydrogens (tertiary/aromatic N) is 3. The van der Waals surface area contributed by atoms with Crippen molar-refractivity contribution in [2.45, 2.75) is 40.2 Å². The van der Waals surface area contributed by atoms with Crippen molar-refractivity contribution in [3.05, 3.63) is 33.1 Å². The van der Waals surface area contributed by atoms with Crippen LogP contribution >= 0.6 is 11.3 Å². The molecule has 0 saturated heterocycles. The molecule has 2 N–H and O–H groups in total. The summed E-state index contributed by atoms with van der Waals surface area (Å²) in [5.74, 6) is 1.95. The Morgan fingerprint density at radius 3 is 2.68 bits per heavy atom. The summed E-state index contributed by atoms with van der Waals surface area (Å²) in [5, 5.41) is 11.7. The van der Waals surface area contributed by atoms with E-state index < -0.39 is 0 Å². The zero-order valence-corrected chi connectivity index (χ0v) is 14.5. The van der Waals surface area contributed by atoms with Crippen LogP contribution in [0.2, 0.25) is 0 Å². The van der Waals surface area contributed by atoms with Crippen LogP contribution in [0.25, 0.3) is 0 Å². The maximum absolute atomic E-state index is 5.23. The summed E-state index contributed by atoms with van der Waals surface area (Å²) < 4.78 is 5.23. The Hall–Kier alpha value is -1.89. The highest BCUT2D eigenvalue weighted by molar-refractivity contribution is 7.11. The van der Waals surface area contributed by atoms with Crippen molar-refractivity contribution >= 4 is 17.3 Å². The van der Waals surface area contributed by atoms with Gasteiger partial charge in [-0.3, -0.25) is 4.99 Å². The highest BCUT2D eigenvalue weighted by Gasteiger charge is 2.16. The third kappa shape index (κ3) is 4.07. The van der Waals surface area contributed by atoms with Crippen LogP contribution in [0.4, 0.5) is 0 Å². The molecule has 1 atom stereocenters. The first-order chi connectivity index (χ1) is 10.5. The van der Waals surface area contributed by atoms with E-state index in [1.165, 1.54) is 10.4 Å². The van der Waals surface area contributed by atoms with Gasteiger partial charge in [-0.15, -0.1) is 11.3 Å². The van der Waals surface area contributed by atoms with Crippen molar-refractivity contribution in [1.82, 2.24) is 20.8 Å². The molecule has 0 aromatic carbocycles. The molecule has 0 radical (unpaired) electrons. The molecule has 7 heteroatoms. The number of rotatable bonds is 5. The molecule has 0 saturated carbocycles. The van der Waals surface area contributed by atoms with Crippen molar-refractivity contribution < 1.29 is 4.52 Å². The zero-order chi connectivity index (χ0) is 16.1. The molecule has 0 bridgehead atoms. The zero-order valence-electron chi connectivity index (χ0n) is 13.7. The van der Waals surface area contributed by atoms with Crippen LogP contribution in [0, 0.1) is 20.8 Å². The lowest BCUT2D eigenvalue weighted by atomic mass is 10.00. The Kier molecular flexibility index (Phi) is 5.54. The first-order valence-corrected chi connectivity index (χ1v) is 8.11. The van der Waals surface area contributed by atoms with Gasteiger partial charge in [-0.25, -0.2) is 4.98 Å². The van der Waals surface area contributed by atoms with Crippen LogP contribution < -0.4 is 10.6 Å². The summed E-state index contributed by atoms with van der Waals surface area (Å²) in [5.41, 5.74) is 2.12. The minimum atomic E-state index is 0.298. The fraction of sp³-hybridized carbons (Fsp3) is 0.533. The quantitative estimate of drug-likeness (QED) is 0.654. The molecule has 2 aromatic rings. The van der Waals surface area contributed by atoms with Gasteiger partial charge in [0, 0.05) is 36.1 Å². The van der Waals surface area contributed by atoms with Gasteiger partial charge in [0.15, 0.2) is 5.96 Å². The average Bonchev–Trinajstić information content (AvgIpc) is 3.05. The van der Waals surface area contributed by atoms with Gasteiger partial charge in [-0.05, 0) is 20.8 Å². The van der Waals surface area contributed by atoms with Gasteiger partial charge in [0.05, 0.1) is 12.2 Å². The van der Waals surface area contributed by atoms with Crippen LogP contribution in [0.1, 0.15) is 39.7 Å². The Morgan fingerprint density at radius 2 is 2.14 bits per heavy atom. The second-order valence-corrected chi connectivity index (χ2v) is 6.63. The molecule has 120 valence electrons. The lowest BCUT2D eigenvalue weighted by Crippen LogP contribution is -2.38. The molecule has 0 aliphatic carbocycles. The van der Waals surface area contributed by atoms with Gasteiger partial charge in [0.25, 0.3) is 0 Å². The molecule has 0 amide bonds. The minimum Gasteiger partial charge on any atom is -0.361 e. The van der Waals surface area contributed by atoms with Gasteiger partial charge < -0.3 is 15.2 Å². The van der Waals surface area contributed by atoms with Gasteiger partial charge in [-0.2, -0.15) is 0 Å². The SMILES string of the molecule is CN=C(NCc1ncc(C)s1)NCC(C)c1c(C)noc1C. The molecule has 1 unspecified atom stereocenters. The Balaban J connectivity index is 1.86. The summed E-state index contributed by atoms with van der Waals surface area (Å²) in [6, 6.07) is 0. The number of thiazole rings is 1. The van der Waals surface area contributed by atoms with Gasteiger partial charge in [0.2, 0.25) is 0 Å². The van der Waals surface area contributed by atoms with E-state index in [1.54, 1.807) is 18.4 Å². The Labute approximate surface area is 135 Å². The van der Waals surface area contributed by atoms with E-state index in [0.29, 0.717) is 12.5 Å². The number of hydrogen-bond donors (Lipinski definition) is 2. The molecule has 2 heterocycles. The van der Waals surface area contributed by atoms with Crippen LogP contribution in [0.3, 0.4) is 0 Å². The molecule has 2 rings (SSSR count). The summed E-state index contributed by atoms with van der Waals surface area (Å²) in [4.78, 5) is 9.79. The number of guanidine groups is 1. The van der Waals surface area contributed by atoms with Crippen molar-refractivity contribution in [2.75, 3.05) is 13.6 Å². The largest absolute Gasteiger partial charge is 0.361 e. The van der Waals surface area contributed by atoms with Crippen LogP contribution in [0.5, 0.6) is 0 Å². The van der Waals surface area contributed by atoms with Crippen molar-refractivity contribution in [2.24, 2.45) is 4.99 Å². The second-order valence-electron chi connectivity index (χ2n) is 5.31. The third-order valence-electron chi connectivity index (χ3n) is 3.46. The fourth-order valence-electron chi connectivity index (χ4n) is 2.41. The molecule has 0 fully saturated rings. The Morgan fingerprint density at radius 1 is 1.36 bits per heavy atom. The predicted molar refractivity (Wildman–Crippen MR) is 89.4 cm³/mol. The topological polar surface area (TPSA) is 75.3 Å². The fourth-order valence-corrected chi connectivity index (χ4v) is 3.14. The van der Waals surface area contributed by atoms with E-state index in [0.717, 1.165) is 29.0 Å². The Bertz CT molecular complexity index is 627. The molecular formula is C15H23N5OS. The minimum absolute atomic E-state index is 0.298. The number of aliphatic imine (C=N–C) groups is 1. The van der Waals surface area contributed by atoms with E-state index in [2.05, 4.69) is 39.6 Å². The normalized spacial score (nSPS) is 13.2. The lowest BCUT2D eigenvalue weighted by molar-refractivity contribution is 0.391. The summed E-state index contributed by atoms with van der Waals surface area (Å²) in [6.07, 6.45) is 1.89. The molecule has 2 aromatic heterocycles. The van der Waals surface area contributed by atoms with Crippen LogP contribution in [-0.4, -0.2) is 29.7 Å². The molecule has 0 aliphatic heterocycles. The molecular weight excluding hydrogens is 298 g/mol. The van der Waals surface area contributed by atoms with Crippen molar-refractivity contribution in [3.8, 4) is 0 Å². The van der Waals surface area contributed by atoms with E-state index >= 15 is 0 Å². The van der Waals surface area contributed by atoms with Crippen LogP contribution in [-0.2, 0) is 6.54 Å². The maximum atomic E-state index is 5.23. The predicted octanol–water partition coefficient (Wildman–Crippen LogP) is 2.53. The monoisotopic (exact) mass is 321 g/mol. The highest BCUT2D eigenvalue weighted by atomic mass is 32.1. The van der Waals surface area contributed by atoms with E-state index in [1.807, 2.05) is 20.0 Å². The standard InChI is InChI=1S/C15H23N5OS/c1-9(14-11(3)20-21-12(14)4)6-18-15(16-5)19-8-13-17-7-10(2)22-13/h7,9H,6,8H2,1-5H3,(H2,16,18,19). The molecule has 0 spiro atoms. The smallest absolute Gasteiger partial charge is 0.191 e. The average molecular weight is 321 g/mol. The van der Waals surface area contributed by atoms with Gasteiger partial charge in [0.1, 0.15) is 10.8 Å². The van der Waals surface area contributed by atoms with Crippen molar-refractivity contribution in [3.63, 3.8) is 0 Å². The second kappa shape index (κ2) is 7.40. The summed E-state index contributed by atoms with van der Waals surface area (Å²) in [6.45, 7) is 9.57. The molecule has 6 nitrogen and oxygen atoms in total. The van der Waals surface area contributed by atoms with E-state index in [4.69, 9.17) is 4.52 Å². The molecule has 22 heavy (non-hydrogen) atoms. The summed E-state index contributed by atoms with van der Waals surface area (Å²) in [7, 11) is 1.77. The highest BCUT2D eigenvalue weighted by Crippen LogP contribution is 2.22. The van der Waals surface area contributed by atoms with Gasteiger partial charge >= 0.3 is 0 Å². The maximum Gasteiger partial charge on any atom is 0.191 e. The first kappa shape index (κ1) is 16.5. The number of hydrogen-bond acceptors (Lipinski definition) is 5. The van der Waals surface area contributed by atoms with Gasteiger partial charge in [-0.1, -0.05) is 12.1 Å². The summed E-state index contributed by atoms with van der Waals surface area (Å²) >= 11 is 1.69. The molecule has 0 aliphatic rings. The van der Waals surface area contributed by atoms with Crippen LogP contribution in [0.15, 0.2) is 15.7 Å². The van der Waals surface area contributed by atoms with E-state index in [9.17, 15) is 0 Å². The lowest BCUT2D eigenvalue weighted by Gasteiger charge is -2.15. The third-order valence-corrected chi connectivity index (χ3v) is 4.37. The van der Waals surface area contributed by atoms with E-state index in [-0.39, 0.29) is 0 Å². The number of aryl methyl sites for hydroxylation is 3. The number of aromatic nitrogens is 2.